The number of carbonyl (C=O) groups is 1. The fourth-order valence-electron chi connectivity index (χ4n) is 3.04. The molecule has 0 saturated carbocycles. The third kappa shape index (κ3) is 3.63. The van der Waals surface area contributed by atoms with Crippen LogP contribution in [0.3, 0.4) is 0 Å². The van der Waals surface area contributed by atoms with Gasteiger partial charge in [0.1, 0.15) is 5.82 Å². The van der Waals surface area contributed by atoms with Crippen LogP contribution in [0.15, 0.2) is 49.1 Å². The number of amides is 2. The van der Waals surface area contributed by atoms with Crippen LogP contribution >= 0.6 is 11.6 Å². The summed E-state index contributed by atoms with van der Waals surface area (Å²) >= 11 is 6.07. The zero-order chi connectivity index (χ0) is 19.7. The molecular weight excluding hydrogens is 378 g/mol. The molecule has 0 aliphatic carbocycles. The first-order chi connectivity index (χ1) is 13.5. The van der Waals surface area contributed by atoms with Crippen LogP contribution < -0.4 is 10.2 Å². The molecule has 9 heteroatoms. The van der Waals surface area contributed by atoms with E-state index < -0.39 is 0 Å². The number of aromatic nitrogens is 4. The van der Waals surface area contributed by atoms with Crippen LogP contribution in [0, 0.1) is 0 Å². The van der Waals surface area contributed by atoms with Gasteiger partial charge in [0.2, 0.25) is 5.95 Å². The van der Waals surface area contributed by atoms with E-state index in [-0.39, 0.29) is 12.1 Å². The highest BCUT2D eigenvalue weighted by Crippen LogP contribution is 2.21. The van der Waals surface area contributed by atoms with Crippen molar-refractivity contribution in [1.29, 1.82) is 0 Å². The molecule has 8 nitrogen and oxygen atoms in total. The maximum atomic E-state index is 12.2. The number of halogens is 1. The highest BCUT2D eigenvalue weighted by molar-refractivity contribution is 6.30. The first kappa shape index (κ1) is 18.2. The van der Waals surface area contributed by atoms with Crippen molar-refractivity contribution < 1.29 is 4.79 Å². The van der Waals surface area contributed by atoms with Gasteiger partial charge in [-0.2, -0.15) is 4.98 Å². The molecule has 1 atom stereocenters. The van der Waals surface area contributed by atoms with Crippen molar-refractivity contribution in [1.82, 2.24) is 24.4 Å². The van der Waals surface area contributed by atoms with Crippen LogP contribution in [0.5, 0.6) is 0 Å². The number of nitrogens with one attached hydrogen (secondary N) is 1. The summed E-state index contributed by atoms with van der Waals surface area (Å²) in [5, 5.41) is 3.92. The first-order valence-electron chi connectivity index (χ1n) is 8.93. The number of imidazole rings is 1. The summed E-state index contributed by atoms with van der Waals surface area (Å²) in [7, 11) is 1.78. The van der Waals surface area contributed by atoms with Gasteiger partial charge in [0.25, 0.3) is 0 Å². The number of carbonyl (C=O) groups excluding carboxylic acids is 1. The lowest BCUT2D eigenvalue weighted by Gasteiger charge is -2.17. The van der Waals surface area contributed by atoms with E-state index in [2.05, 4.69) is 20.3 Å². The van der Waals surface area contributed by atoms with Crippen LogP contribution in [-0.4, -0.2) is 50.6 Å². The predicted molar refractivity (Wildman–Crippen MR) is 108 cm³/mol. The molecule has 0 radical (unpaired) electrons. The van der Waals surface area contributed by atoms with Crippen molar-refractivity contribution in [3.8, 4) is 5.69 Å². The van der Waals surface area contributed by atoms with Gasteiger partial charge in [-0.15, -0.1) is 0 Å². The van der Waals surface area contributed by atoms with E-state index >= 15 is 0 Å². The number of rotatable bonds is 5. The van der Waals surface area contributed by atoms with E-state index in [1.807, 2.05) is 42.0 Å². The molecule has 3 heterocycles. The largest absolute Gasteiger partial charge is 0.346 e. The number of hydrogen-bond donors (Lipinski definition) is 1. The van der Waals surface area contributed by atoms with Gasteiger partial charge in [0.15, 0.2) is 0 Å². The zero-order valence-corrected chi connectivity index (χ0v) is 16.3. The van der Waals surface area contributed by atoms with Gasteiger partial charge in [-0.05, 0) is 31.2 Å². The standard InChI is InChI=1S/C19H20ClN7O/c1-13(16-11-26(12-22-16)15-5-3-4-14(20)10-15)23-18-21-7-6-17(24-18)27-9-8-25(2)19(27)28/h3-7,10-13H,8-9H2,1-2H3,(H,21,23,24). The summed E-state index contributed by atoms with van der Waals surface area (Å²) in [5.41, 5.74) is 1.78. The second-order valence-corrected chi connectivity index (χ2v) is 7.08. The summed E-state index contributed by atoms with van der Waals surface area (Å²) in [6.07, 6.45) is 5.33. The van der Waals surface area contributed by atoms with E-state index in [1.165, 1.54) is 0 Å². The number of hydrogen-bond acceptors (Lipinski definition) is 5. The number of anilines is 2. The highest BCUT2D eigenvalue weighted by atomic mass is 35.5. The van der Waals surface area contributed by atoms with E-state index in [1.54, 1.807) is 35.4 Å². The maximum absolute atomic E-state index is 12.2. The summed E-state index contributed by atoms with van der Waals surface area (Å²) in [6.45, 7) is 3.28. The van der Waals surface area contributed by atoms with Crippen molar-refractivity contribution in [3.63, 3.8) is 0 Å². The molecule has 28 heavy (non-hydrogen) atoms. The number of urea groups is 1. The molecule has 3 aromatic rings. The number of nitrogens with zero attached hydrogens (tertiary/aromatic N) is 6. The smallest absolute Gasteiger partial charge is 0.325 e. The Morgan fingerprint density at radius 2 is 2.07 bits per heavy atom. The minimum Gasteiger partial charge on any atom is -0.346 e. The summed E-state index contributed by atoms with van der Waals surface area (Å²) in [4.78, 5) is 28.7. The fraction of sp³-hybridized carbons (Fsp3) is 0.263. The molecule has 2 aromatic heterocycles. The van der Waals surface area contributed by atoms with E-state index in [0.29, 0.717) is 29.9 Å². The van der Waals surface area contributed by atoms with Crippen LogP contribution in [0.1, 0.15) is 18.7 Å². The average Bonchev–Trinajstić information content (AvgIpc) is 3.30. The SMILES string of the molecule is CC(Nc1nccc(N2CCN(C)C2=O)n1)c1cn(-c2cccc(Cl)c2)cn1. The zero-order valence-electron chi connectivity index (χ0n) is 15.6. The van der Waals surface area contributed by atoms with Gasteiger partial charge in [-0.25, -0.2) is 14.8 Å². The van der Waals surface area contributed by atoms with Crippen molar-refractivity contribution >= 4 is 29.4 Å². The van der Waals surface area contributed by atoms with E-state index in [4.69, 9.17) is 11.6 Å². The Hall–Kier alpha value is -3.13. The summed E-state index contributed by atoms with van der Waals surface area (Å²) in [5.74, 6) is 1.04. The Morgan fingerprint density at radius 3 is 2.82 bits per heavy atom. The lowest BCUT2D eigenvalue weighted by molar-refractivity contribution is 0.229. The highest BCUT2D eigenvalue weighted by Gasteiger charge is 2.27. The Labute approximate surface area is 167 Å². The monoisotopic (exact) mass is 397 g/mol. The molecule has 144 valence electrons. The topological polar surface area (TPSA) is 79.2 Å². The molecule has 2 amide bonds. The van der Waals surface area contributed by atoms with Crippen molar-refractivity contribution in [3.05, 3.63) is 59.8 Å². The molecule has 1 saturated heterocycles. The van der Waals surface area contributed by atoms with Gasteiger partial charge in [-0.3, -0.25) is 4.90 Å². The minimum absolute atomic E-state index is 0.0574. The number of likely N-dealkylation sites (N-methyl/N-ethyl adjacent to an activating group) is 1. The van der Waals surface area contributed by atoms with Gasteiger partial charge >= 0.3 is 6.03 Å². The molecule has 0 bridgehead atoms. The predicted octanol–water partition coefficient (Wildman–Crippen LogP) is 3.36. The molecular formula is C19H20ClN7O. The minimum atomic E-state index is -0.118. The molecule has 1 unspecified atom stereocenters. The molecule has 0 spiro atoms. The van der Waals surface area contributed by atoms with Crippen molar-refractivity contribution in [2.24, 2.45) is 0 Å². The lowest BCUT2D eigenvalue weighted by atomic mass is 10.2. The quantitative estimate of drug-likeness (QED) is 0.714. The average molecular weight is 398 g/mol. The van der Waals surface area contributed by atoms with Gasteiger partial charge in [0, 0.05) is 43.2 Å². The maximum Gasteiger partial charge on any atom is 0.325 e. The Bertz CT molecular complexity index is 1010. The molecule has 1 N–H and O–H groups in total. The third-order valence-corrected chi connectivity index (χ3v) is 4.87. The van der Waals surface area contributed by atoms with E-state index in [9.17, 15) is 4.79 Å². The van der Waals surface area contributed by atoms with Gasteiger partial charge < -0.3 is 14.8 Å². The van der Waals surface area contributed by atoms with Gasteiger partial charge in [0.05, 0.1) is 18.1 Å². The molecule has 1 aromatic carbocycles. The molecule has 1 aliphatic heterocycles. The second-order valence-electron chi connectivity index (χ2n) is 6.65. The van der Waals surface area contributed by atoms with Crippen molar-refractivity contribution in [2.45, 2.75) is 13.0 Å². The second kappa shape index (κ2) is 7.47. The number of benzene rings is 1. The molecule has 1 fully saturated rings. The molecule has 4 rings (SSSR count). The summed E-state index contributed by atoms with van der Waals surface area (Å²) in [6, 6.07) is 9.13. The van der Waals surface area contributed by atoms with Crippen LogP contribution in [0.4, 0.5) is 16.6 Å². The van der Waals surface area contributed by atoms with Crippen molar-refractivity contribution in [2.75, 3.05) is 30.4 Å². The van der Waals surface area contributed by atoms with Crippen LogP contribution in [0.2, 0.25) is 5.02 Å². The first-order valence-corrected chi connectivity index (χ1v) is 9.31. The Morgan fingerprint density at radius 1 is 1.21 bits per heavy atom. The summed E-state index contributed by atoms with van der Waals surface area (Å²) < 4.78 is 1.91. The Balaban J connectivity index is 1.49. The van der Waals surface area contributed by atoms with E-state index in [0.717, 1.165) is 11.4 Å². The lowest BCUT2D eigenvalue weighted by Crippen LogP contribution is -2.30. The Kier molecular flexibility index (Phi) is 4.87. The fourth-order valence-corrected chi connectivity index (χ4v) is 3.22. The van der Waals surface area contributed by atoms with Crippen LogP contribution in [0.25, 0.3) is 5.69 Å². The van der Waals surface area contributed by atoms with Crippen LogP contribution in [-0.2, 0) is 0 Å². The molecule has 1 aliphatic rings. The third-order valence-electron chi connectivity index (χ3n) is 4.63. The van der Waals surface area contributed by atoms with Gasteiger partial charge in [-0.1, -0.05) is 17.7 Å². The normalized spacial score (nSPS) is 15.2.